The number of benzene rings is 2. The van der Waals surface area contributed by atoms with Gasteiger partial charge in [0.1, 0.15) is 5.75 Å². The summed E-state index contributed by atoms with van der Waals surface area (Å²) in [6, 6.07) is 14.0. The molecular formula is C20H19ClN2O3. The predicted octanol–water partition coefficient (Wildman–Crippen LogP) is 4.20. The van der Waals surface area contributed by atoms with Crippen molar-refractivity contribution in [1.29, 1.82) is 0 Å². The first-order valence-electron chi connectivity index (χ1n) is 8.11. The summed E-state index contributed by atoms with van der Waals surface area (Å²) in [5, 5.41) is 1.23. The molecule has 3 rings (SSSR count). The van der Waals surface area contributed by atoms with E-state index in [1.54, 1.807) is 63.2 Å². The SMILES string of the molecule is Cc1c(C(N)=O)c2ccccc2n1C(=O)C(C)(C)Oc1ccc(Cl)cc1. The van der Waals surface area contributed by atoms with Gasteiger partial charge in [0.15, 0.2) is 5.60 Å². The fourth-order valence-corrected chi connectivity index (χ4v) is 3.18. The number of primary amides is 1. The minimum atomic E-state index is -1.17. The Labute approximate surface area is 156 Å². The van der Waals surface area contributed by atoms with Crippen molar-refractivity contribution in [1.82, 2.24) is 4.57 Å². The molecule has 26 heavy (non-hydrogen) atoms. The highest BCUT2D eigenvalue weighted by atomic mass is 35.5. The highest BCUT2D eigenvalue weighted by Gasteiger charge is 2.34. The van der Waals surface area contributed by atoms with Crippen molar-refractivity contribution in [3.63, 3.8) is 0 Å². The van der Waals surface area contributed by atoms with Crippen LogP contribution in [0.2, 0.25) is 5.02 Å². The number of rotatable bonds is 4. The summed E-state index contributed by atoms with van der Waals surface area (Å²) < 4.78 is 7.39. The number of fused-ring (bicyclic) bond motifs is 1. The van der Waals surface area contributed by atoms with E-state index in [1.165, 1.54) is 4.57 Å². The van der Waals surface area contributed by atoms with Crippen LogP contribution < -0.4 is 10.5 Å². The number of hydrogen-bond acceptors (Lipinski definition) is 3. The van der Waals surface area contributed by atoms with E-state index in [0.29, 0.717) is 32.9 Å². The zero-order valence-corrected chi connectivity index (χ0v) is 15.5. The van der Waals surface area contributed by atoms with E-state index < -0.39 is 11.5 Å². The third-order valence-electron chi connectivity index (χ3n) is 4.26. The van der Waals surface area contributed by atoms with Crippen molar-refractivity contribution in [3.8, 4) is 5.75 Å². The van der Waals surface area contributed by atoms with E-state index in [0.717, 1.165) is 0 Å². The van der Waals surface area contributed by atoms with Gasteiger partial charge in [-0.2, -0.15) is 0 Å². The molecule has 0 aliphatic carbocycles. The molecule has 2 N–H and O–H groups in total. The number of nitrogens with two attached hydrogens (primary N) is 1. The van der Waals surface area contributed by atoms with E-state index in [9.17, 15) is 9.59 Å². The quantitative estimate of drug-likeness (QED) is 0.747. The van der Waals surface area contributed by atoms with Gasteiger partial charge < -0.3 is 10.5 Å². The largest absolute Gasteiger partial charge is 0.478 e. The molecule has 0 fully saturated rings. The normalized spacial score (nSPS) is 11.5. The average Bonchev–Trinajstić information content (AvgIpc) is 2.88. The van der Waals surface area contributed by atoms with E-state index >= 15 is 0 Å². The number of halogens is 1. The molecule has 1 aromatic heterocycles. The van der Waals surface area contributed by atoms with E-state index in [-0.39, 0.29) is 5.91 Å². The lowest BCUT2D eigenvalue weighted by molar-refractivity contribution is 0.0491. The van der Waals surface area contributed by atoms with Crippen LogP contribution in [-0.2, 0) is 0 Å². The summed E-state index contributed by atoms with van der Waals surface area (Å²) in [4.78, 5) is 25.2. The minimum Gasteiger partial charge on any atom is -0.478 e. The topological polar surface area (TPSA) is 74.3 Å². The molecular weight excluding hydrogens is 352 g/mol. The molecule has 0 saturated heterocycles. The fourth-order valence-electron chi connectivity index (χ4n) is 3.05. The lowest BCUT2D eigenvalue weighted by Crippen LogP contribution is -2.42. The van der Waals surface area contributed by atoms with Gasteiger partial charge in [0.05, 0.1) is 11.1 Å². The molecule has 0 aliphatic rings. The number of aromatic nitrogens is 1. The molecule has 3 aromatic rings. The van der Waals surface area contributed by atoms with Crippen molar-refractivity contribution in [2.45, 2.75) is 26.4 Å². The zero-order chi connectivity index (χ0) is 19.1. The third kappa shape index (κ3) is 3.06. The second kappa shape index (κ2) is 6.50. The van der Waals surface area contributed by atoms with Crippen molar-refractivity contribution in [3.05, 3.63) is 64.8 Å². The van der Waals surface area contributed by atoms with Crippen LogP contribution in [0.25, 0.3) is 10.9 Å². The summed E-state index contributed by atoms with van der Waals surface area (Å²) in [6.45, 7) is 5.07. The molecule has 134 valence electrons. The van der Waals surface area contributed by atoms with Crippen molar-refractivity contribution in [2.75, 3.05) is 0 Å². The van der Waals surface area contributed by atoms with E-state index in [1.807, 2.05) is 6.07 Å². The molecule has 1 amide bonds. The fraction of sp³-hybridized carbons (Fsp3) is 0.200. The van der Waals surface area contributed by atoms with Crippen LogP contribution in [0.5, 0.6) is 5.75 Å². The van der Waals surface area contributed by atoms with Crippen LogP contribution in [0.15, 0.2) is 48.5 Å². The first-order valence-corrected chi connectivity index (χ1v) is 8.49. The maximum absolute atomic E-state index is 13.3. The maximum atomic E-state index is 13.3. The van der Waals surface area contributed by atoms with Crippen molar-refractivity contribution < 1.29 is 14.3 Å². The Morgan fingerprint density at radius 3 is 2.31 bits per heavy atom. The Balaban J connectivity index is 2.08. The summed E-state index contributed by atoms with van der Waals surface area (Å²) in [6.07, 6.45) is 0. The molecule has 0 bridgehead atoms. The van der Waals surface area contributed by atoms with Crippen LogP contribution >= 0.6 is 11.6 Å². The second-order valence-electron chi connectivity index (χ2n) is 6.55. The van der Waals surface area contributed by atoms with Crippen LogP contribution in [0.1, 0.15) is 34.7 Å². The summed E-state index contributed by atoms with van der Waals surface area (Å²) in [5.41, 5.74) is 5.82. The van der Waals surface area contributed by atoms with Crippen LogP contribution in [-0.4, -0.2) is 22.0 Å². The lowest BCUT2D eigenvalue weighted by atomic mass is 10.1. The van der Waals surface area contributed by atoms with Crippen molar-refractivity contribution >= 4 is 34.3 Å². The molecule has 0 radical (unpaired) electrons. The van der Waals surface area contributed by atoms with Gasteiger partial charge in [0, 0.05) is 16.1 Å². The Kier molecular flexibility index (Phi) is 4.50. The Morgan fingerprint density at radius 1 is 1.08 bits per heavy atom. The monoisotopic (exact) mass is 370 g/mol. The van der Waals surface area contributed by atoms with Gasteiger partial charge in [-0.25, -0.2) is 0 Å². The molecule has 0 spiro atoms. The van der Waals surface area contributed by atoms with E-state index in [4.69, 9.17) is 22.1 Å². The molecule has 6 heteroatoms. The van der Waals surface area contributed by atoms with Gasteiger partial charge in [-0.3, -0.25) is 14.2 Å². The van der Waals surface area contributed by atoms with Crippen LogP contribution in [0.3, 0.4) is 0 Å². The Morgan fingerprint density at radius 2 is 1.69 bits per heavy atom. The molecule has 0 unspecified atom stereocenters. The first kappa shape index (κ1) is 18.0. The standard InChI is InChI=1S/C20H19ClN2O3/c1-12-17(18(22)24)15-6-4-5-7-16(15)23(12)19(25)20(2,3)26-14-10-8-13(21)9-11-14/h4-11H,1-3H3,(H2,22,24). The number of para-hydroxylation sites is 1. The maximum Gasteiger partial charge on any atom is 0.274 e. The molecule has 5 nitrogen and oxygen atoms in total. The van der Waals surface area contributed by atoms with Gasteiger partial charge in [-0.1, -0.05) is 29.8 Å². The number of carbonyl (C=O) groups is 2. The number of carbonyl (C=O) groups excluding carboxylic acids is 2. The molecule has 0 atom stereocenters. The molecule has 1 heterocycles. The number of hydrogen-bond donors (Lipinski definition) is 1. The lowest BCUT2D eigenvalue weighted by Gasteiger charge is -2.26. The van der Waals surface area contributed by atoms with Gasteiger partial charge in [0.25, 0.3) is 11.8 Å². The summed E-state index contributed by atoms with van der Waals surface area (Å²) >= 11 is 5.89. The van der Waals surface area contributed by atoms with E-state index in [2.05, 4.69) is 0 Å². The Hall–Kier alpha value is -2.79. The molecule has 2 aromatic carbocycles. The van der Waals surface area contributed by atoms with Gasteiger partial charge >= 0.3 is 0 Å². The third-order valence-corrected chi connectivity index (χ3v) is 4.51. The summed E-state index contributed by atoms with van der Waals surface area (Å²) in [5.74, 6) is -0.340. The molecule has 0 saturated carbocycles. The number of amides is 1. The number of nitrogens with zero attached hydrogens (tertiary/aromatic N) is 1. The average molecular weight is 371 g/mol. The first-order chi connectivity index (χ1) is 12.2. The smallest absolute Gasteiger partial charge is 0.274 e. The van der Waals surface area contributed by atoms with Crippen LogP contribution in [0, 0.1) is 6.92 Å². The molecule has 0 aliphatic heterocycles. The van der Waals surface area contributed by atoms with Gasteiger partial charge in [-0.05, 0) is 51.1 Å². The van der Waals surface area contributed by atoms with Crippen LogP contribution in [0.4, 0.5) is 0 Å². The van der Waals surface area contributed by atoms with Gasteiger partial charge in [-0.15, -0.1) is 0 Å². The number of ether oxygens (including phenoxy) is 1. The highest BCUT2D eigenvalue weighted by Crippen LogP contribution is 2.29. The zero-order valence-electron chi connectivity index (χ0n) is 14.7. The Bertz CT molecular complexity index is 1000. The predicted molar refractivity (Wildman–Crippen MR) is 102 cm³/mol. The summed E-state index contributed by atoms with van der Waals surface area (Å²) in [7, 11) is 0. The minimum absolute atomic E-state index is 0.298. The van der Waals surface area contributed by atoms with Gasteiger partial charge in [0.2, 0.25) is 0 Å². The second-order valence-corrected chi connectivity index (χ2v) is 6.99. The van der Waals surface area contributed by atoms with Crippen molar-refractivity contribution in [2.24, 2.45) is 5.73 Å². The highest BCUT2D eigenvalue weighted by molar-refractivity contribution is 6.30.